The molecule has 2 aromatic carbocycles. The Kier molecular flexibility index (Phi) is 4.96. The highest BCUT2D eigenvalue weighted by Gasteiger charge is 2.17. The Labute approximate surface area is 131 Å². The number of carbonyl (C=O) groups is 1. The minimum absolute atomic E-state index is 0.260. The van der Waals surface area contributed by atoms with Crippen molar-refractivity contribution in [3.63, 3.8) is 0 Å². The minimum atomic E-state index is -0.451. The molecule has 3 nitrogen and oxygen atoms in total. The van der Waals surface area contributed by atoms with E-state index in [9.17, 15) is 9.18 Å². The van der Waals surface area contributed by atoms with Crippen LogP contribution in [0.1, 0.15) is 28.9 Å². The molecule has 5 heteroatoms. The molecule has 0 aromatic heterocycles. The van der Waals surface area contributed by atoms with Gasteiger partial charge in [0.25, 0.3) is 5.91 Å². The van der Waals surface area contributed by atoms with Gasteiger partial charge in [0.2, 0.25) is 0 Å². The second-order valence-electron chi connectivity index (χ2n) is 4.56. The first-order chi connectivity index (χ1) is 10.0. The van der Waals surface area contributed by atoms with Gasteiger partial charge in [-0.2, -0.15) is 0 Å². The first-order valence-corrected chi connectivity index (χ1v) is 7.21. The van der Waals surface area contributed by atoms with Crippen molar-refractivity contribution in [2.75, 3.05) is 7.11 Å². The molecule has 0 fully saturated rings. The van der Waals surface area contributed by atoms with E-state index in [-0.39, 0.29) is 17.5 Å². The minimum Gasteiger partial charge on any atom is -0.496 e. The number of rotatable bonds is 4. The maximum atomic E-state index is 13.3. The monoisotopic (exact) mass is 351 g/mol. The van der Waals surface area contributed by atoms with E-state index in [1.54, 1.807) is 7.11 Å². The summed E-state index contributed by atoms with van der Waals surface area (Å²) in [7, 11) is 1.58. The SMILES string of the molecule is COc1ccccc1C(C)NC(=O)c1cc(F)ccc1Br. The van der Waals surface area contributed by atoms with Gasteiger partial charge in [0.05, 0.1) is 18.7 Å². The largest absolute Gasteiger partial charge is 0.496 e. The summed E-state index contributed by atoms with van der Waals surface area (Å²) in [5.74, 6) is -0.100. The summed E-state index contributed by atoms with van der Waals surface area (Å²) >= 11 is 3.25. The Hall–Kier alpha value is -1.88. The summed E-state index contributed by atoms with van der Waals surface area (Å²) < 4.78 is 19.1. The molecule has 1 atom stereocenters. The van der Waals surface area contributed by atoms with E-state index >= 15 is 0 Å². The Morgan fingerprint density at radius 2 is 2.00 bits per heavy atom. The molecule has 1 amide bonds. The van der Waals surface area contributed by atoms with E-state index in [1.165, 1.54) is 18.2 Å². The Balaban J connectivity index is 2.21. The van der Waals surface area contributed by atoms with E-state index in [1.807, 2.05) is 31.2 Å². The summed E-state index contributed by atoms with van der Waals surface area (Å²) in [6.45, 7) is 1.85. The fraction of sp³-hybridized carbons (Fsp3) is 0.188. The third-order valence-corrected chi connectivity index (χ3v) is 3.82. The lowest BCUT2D eigenvalue weighted by Crippen LogP contribution is -2.27. The first kappa shape index (κ1) is 15.5. The zero-order valence-corrected chi connectivity index (χ0v) is 13.3. The van der Waals surface area contributed by atoms with Crippen LogP contribution in [-0.2, 0) is 0 Å². The van der Waals surface area contributed by atoms with Gasteiger partial charge < -0.3 is 10.1 Å². The van der Waals surface area contributed by atoms with E-state index in [4.69, 9.17) is 4.74 Å². The second-order valence-corrected chi connectivity index (χ2v) is 5.42. The smallest absolute Gasteiger partial charge is 0.253 e. The highest BCUT2D eigenvalue weighted by Crippen LogP contribution is 2.25. The number of halogens is 2. The van der Waals surface area contributed by atoms with Gasteiger partial charge in [0.1, 0.15) is 11.6 Å². The number of ether oxygens (including phenoxy) is 1. The zero-order chi connectivity index (χ0) is 15.4. The van der Waals surface area contributed by atoms with Crippen LogP contribution in [0.5, 0.6) is 5.75 Å². The fourth-order valence-corrected chi connectivity index (χ4v) is 2.47. The van der Waals surface area contributed by atoms with E-state index < -0.39 is 5.82 Å². The maximum absolute atomic E-state index is 13.3. The van der Waals surface area contributed by atoms with Crippen molar-refractivity contribution >= 4 is 21.8 Å². The van der Waals surface area contributed by atoms with Crippen LogP contribution in [0.25, 0.3) is 0 Å². The molecule has 1 N–H and O–H groups in total. The number of benzene rings is 2. The van der Waals surface area contributed by atoms with Crippen LogP contribution >= 0.6 is 15.9 Å². The Morgan fingerprint density at radius 1 is 1.29 bits per heavy atom. The van der Waals surface area contributed by atoms with Crippen LogP contribution in [0, 0.1) is 5.82 Å². The van der Waals surface area contributed by atoms with Crippen molar-refractivity contribution in [3.8, 4) is 5.75 Å². The number of carbonyl (C=O) groups excluding carboxylic acids is 1. The van der Waals surface area contributed by atoms with E-state index in [0.29, 0.717) is 10.2 Å². The molecule has 2 rings (SSSR count). The fourth-order valence-electron chi connectivity index (χ4n) is 2.05. The van der Waals surface area contributed by atoms with Gasteiger partial charge in [0.15, 0.2) is 0 Å². The van der Waals surface area contributed by atoms with E-state index in [0.717, 1.165) is 5.56 Å². The topological polar surface area (TPSA) is 38.3 Å². The van der Waals surface area contributed by atoms with Crippen LogP contribution in [0.2, 0.25) is 0 Å². The Bertz CT molecular complexity index is 660. The molecule has 0 radical (unpaired) electrons. The summed E-state index contributed by atoms with van der Waals surface area (Å²) in [6.07, 6.45) is 0. The lowest BCUT2D eigenvalue weighted by Gasteiger charge is -2.17. The molecule has 0 aliphatic carbocycles. The molecule has 0 saturated heterocycles. The molecule has 1 unspecified atom stereocenters. The Morgan fingerprint density at radius 3 is 2.71 bits per heavy atom. The van der Waals surface area contributed by atoms with Gasteiger partial charge in [-0.25, -0.2) is 4.39 Å². The third-order valence-electron chi connectivity index (χ3n) is 3.13. The van der Waals surface area contributed by atoms with Crippen molar-refractivity contribution in [2.45, 2.75) is 13.0 Å². The van der Waals surface area contributed by atoms with Gasteiger partial charge in [-0.15, -0.1) is 0 Å². The maximum Gasteiger partial charge on any atom is 0.253 e. The van der Waals surface area contributed by atoms with Gasteiger partial charge in [-0.05, 0) is 47.1 Å². The lowest BCUT2D eigenvalue weighted by atomic mass is 10.1. The number of amides is 1. The van der Waals surface area contributed by atoms with Crippen LogP contribution < -0.4 is 10.1 Å². The molecule has 0 saturated carbocycles. The number of hydrogen-bond acceptors (Lipinski definition) is 2. The molecular formula is C16H15BrFNO2. The van der Waals surface area contributed by atoms with Crippen LogP contribution in [-0.4, -0.2) is 13.0 Å². The third kappa shape index (κ3) is 3.61. The number of hydrogen-bond donors (Lipinski definition) is 1. The molecule has 2 aromatic rings. The molecule has 0 bridgehead atoms. The lowest BCUT2D eigenvalue weighted by molar-refractivity contribution is 0.0938. The molecule has 0 heterocycles. The molecule has 110 valence electrons. The normalized spacial score (nSPS) is 11.8. The van der Waals surface area contributed by atoms with E-state index in [2.05, 4.69) is 21.2 Å². The van der Waals surface area contributed by atoms with Crippen molar-refractivity contribution in [2.24, 2.45) is 0 Å². The van der Waals surface area contributed by atoms with Crippen molar-refractivity contribution < 1.29 is 13.9 Å². The highest BCUT2D eigenvalue weighted by atomic mass is 79.9. The molecule has 0 aliphatic rings. The summed E-state index contributed by atoms with van der Waals surface area (Å²) in [5.41, 5.74) is 1.12. The molecule has 0 spiro atoms. The number of nitrogens with one attached hydrogen (secondary N) is 1. The first-order valence-electron chi connectivity index (χ1n) is 6.41. The zero-order valence-electron chi connectivity index (χ0n) is 11.7. The average Bonchev–Trinajstić information content (AvgIpc) is 2.49. The van der Waals surface area contributed by atoms with Gasteiger partial charge in [0, 0.05) is 10.0 Å². The summed E-state index contributed by atoms with van der Waals surface area (Å²) in [6, 6.07) is 11.2. The molecule has 21 heavy (non-hydrogen) atoms. The predicted octanol–water partition coefficient (Wildman–Crippen LogP) is 4.09. The summed E-state index contributed by atoms with van der Waals surface area (Å²) in [5, 5.41) is 2.84. The van der Waals surface area contributed by atoms with Gasteiger partial charge in [-0.3, -0.25) is 4.79 Å². The number of para-hydroxylation sites is 1. The molecular weight excluding hydrogens is 337 g/mol. The van der Waals surface area contributed by atoms with Gasteiger partial charge >= 0.3 is 0 Å². The molecule has 0 aliphatic heterocycles. The van der Waals surface area contributed by atoms with Crippen LogP contribution in [0.3, 0.4) is 0 Å². The van der Waals surface area contributed by atoms with Crippen molar-refractivity contribution in [3.05, 3.63) is 63.9 Å². The van der Waals surface area contributed by atoms with Crippen molar-refractivity contribution in [1.29, 1.82) is 0 Å². The van der Waals surface area contributed by atoms with Crippen LogP contribution in [0.15, 0.2) is 46.9 Å². The average molecular weight is 352 g/mol. The standard InChI is InChI=1S/C16H15BrFNO2/c1-10(12-5-3-4-6-15(12)21-2)19-16(20)13-9-11(18)7-8-14(13)17/h3-10H,1-2H3,(H,19,20). The highest BCUT2D eigenvalue weighted by molar-refractivity contribution is 9.10. The second kappa shape index (κ2) is 6.72. The van der Waals surface area contributed by atoms with Gasteiger partial charge in [-0.1, -0.05) is 18.2 Å². The quantitative estimate of drug-likeness (QED) is 0.900. The van der Waals surface area contributed by atoms with Crippen molar-refractivity contribution in [1.82, 2.24) is 5.32 Å². The van der Waals surface area contributed by atoms with Crippen LogP contribution in [0.4, 0.5) is 4.39 Å². The predicted molar refractivity (Wildman–Crippen MR) is 83.0 cm³/mol. The summed E-state index contributed by atoms with van der Waals surface area (Å²) in [4.78, 5) is 12.3. The number of methoxy groups -OCH3 is 1.